The summed E-state index contributed by atoms with van der Waals surface area (Å²) in [7, 11) is 0. The fourth-order valence-electron chi connectivity index (χ4n) is 2.14. The van der Waals surface area contributed by atoms with E-state index in [9.17, 15) is 0 Å². The number of aryl methyl sites for hydroxylation is 1. The van der Waals surface area contributed by atoms with Gasteiger partial charge in [0.25, 0.3) is 0 Å². The predicted octanol–water partition coefficient (Wildman–Crippen LogP) is 1.32. The summed E-state index contributed by atoms with van der Waals surface area (Å²) in [5.41, 5.74) is 0. The fraction of sp³-hybridized carbons (Fsp3) is 0.455. The molecule has 15 heavy (non-hydrogen) atoms. The van der Waals surface area contributed by atoms with Crippen LogP contribution >= 0.6 is 23.1 Å². The van der Waals surface area contributed by atoms with Crippen molar-refractivity contribution in [3.8, 4) is 0 Å². The van der Waals surface area contributed by atoms with Crippen LogP contribution in [0.15, 0.2) is 4.99 Å². The molecule has 0 spiro atoms. The second kappa shape index (κ2) is 2.95. The van der Waals surface area contributed by atoms with E-state index in [1.807, 2.05) is 11.8 Å². The van der Waals surface area contributed by atoms with Crippen molar-refractivity contribution in [1.82, 2.24) is 4.98 Å². The van der Waals surface area contributed by atoms with Crippen LogP contribution in [0.2, 0.25) is 0 Å². The van der Waals surface area contributed by atoms with Gasteiger partial charge in [-0.3, -0.25) is 4.99 Å². The summed E-state index contributed by atoms with van der Waals surface area (Å²) >= 11 is 3.62. The quantitative estimate of drug-likeness (QED) is 0.679. The van der Waals surface area contributed by atoms with E-state index in [4.69, 9.17) is 0 Å². The Labute approximate surface area is 96.8 Å². The van der Waals surface area contributed by atoms with E-state index in [2.05, 4.69) is 42.9 Å². The van der Waals surface area contributed by atoms with E-state index >= 15 is 0 Å². The van der Waals surface area contributed by atoms with E-state index in [1.54, 1.807) is 11.3 Å². The third-order valence-corrected chi connectivity index (χ3v) is 4.95. The molecule has 2 atom stereocenters. The number of thioether (sulfide) groups is 1. The first-order chi connectivity index (χ1) is 7.07. The zero-order valence-corrected chi connectivity index (χ0v) is 10.6. The summed E-state index contributed by atoms with van der Waals surface area (Å²) in [5, 5.41) is 3.47. The highest BCUT2D eigenvalue weighted by Crippen LogP contribution is 2.40. The Balaban J connectivity index is 2.26. The minimum absolute atomic E-state index is 0.0948. The number of aliphatic imine (C=N–C) groups is 1. The molecule has 1 aromatic rings. The summed E-state index contributed by atoms with van der Waals surface area (Å²) < 4.78 is 1.38. The van der Waals surface area contributed by atoms with Gasteiger partial charge in [-0.25, -0.2) is 4.98 Å². The van der Waals surface area contributed by atoms with Crippen LogP contribution in [-0.4, -0.2) is 20.8 Å². The van der Waals surface area contributed by atoms with Crippen molar-refractivity contribution in [2.24, 2.45) is 4.99 Å². The average molecular weight is 236 g/mol. The number of nitrogens with zero attached hydrogens (tertiary/aromatic N) is 2. The molecular formula is C11H12N2S2. The van der Waals surface area contributed by atoms with Crippen molar-refractivity contribution in [2.45, 2.75) is 31.6 Å². The second-order valence-corrected chi connectivity index (χ2v) is 7.08. The summed E-state index contributed by atoms with van der Waals surface area (Å²) in [6, 6.07) is 0.301. The molecule has 0 saturated carbocycles. The maximum absolute atomic E-state index is 4.66. The number of hydrogen-bond donors (Lipinski definition) is 0. The van der Waals surface area contributed by atoms with Gasteiger partial charge < -0.3 is 0 Å². The number of rotatable bonds is 0. The number of fused-ring (bicyclic) bond motifs is 2. The Morgan fingerprint density at radius 3 is 3.00 bits per heavy atom. The lowest BCUT2D eigenvalue weighted by Crippen LogP contribution is -2.39. The third kappa shape index (κ3) is 1.39. The van der Waals surface area contributed by atoms with E-state index in [0.717, 1.165) is 10.4 Å². The molecule has 4 heteroatoms. The second-order valence-electron chi connectivity index (χ2n) is 4.17. The lowest BCUT2D eigenvalue weighted by molar-refractivity contribution is 0.747. The van der Waals surface area contributed by atoms with Crippen molar-refractivity contribution < 1.29 is 0 Å². The average Bonchev–Trinajstić information content (AvgIpc) is 2.56. The molecule has 1 aromatic heterocycles. The molecule has 0 fully saturated rings. The van der Waals surface area contributed by atoms with Gasteiger partial charge in [-0.1, -0.05) is 11.8 Å². The van der Waals surface area contributed by atoms with Gasteiger partial charge in [0.2, 0.25) is 0 Å². The first kappa shape index (κ1) is 9.60. The van der Waals surface area contributed by atoms with Crippen LogP contribution in [0.1, 0.15) is 18.9 Å². The van der Waals surface area contributed by atoms with Gasteiger partial charge in [-0.2, -0.15) is 0 Å². The normalized spacial score (nSPS) is 32.5. The first-order valence-corrected chi connectivity index (χ1v) is 6.62. The summed E-state index contributed by atoms with van der Waals surface area (Å²) in [5.74, 6) is 0. The van der Waals surface area contributed by atoms with Crippen molar-refractivity contribution >= 4 is 40.3 Å². The van der Waals surface area contributed by atoms with Crippen LogP contribution in [0.4, 0.5) is 0 Å². The summed E-state index contributed by atoms with van der Waals surface area (Å²) in [6.45, 7) is 6.39. The largest absolute Gasteiger partial charge is 0.274 e. The van der Waals surface area contributed by atoms with E-state index in [0.29, 0.717) is 6.04 Å². The van der Waals surface area contributed by atoms with Crippen LogP contribution in [0.3, 0.4) is 0 Å². The lowest BCUT2D eigenvalue weighted by Gasteiger charge is -2.24. The first-order valence-electron chi connectivity index (χ1n) is 4.98. The molecule has 0 amide bonds. The van der Waals surface area contributed by atoms with Gasteiger partial charge >= 0.3 is 0 Å². The van der Waals surface area contributed by atoms with E-state index in [-0.39, 0.29) is 4.75 Å². The highest BCUT2D eigenvalue weighted by molar-refractivity contribution is 8.15. The molecule has 0 saturated heterocycles. The summed E-state index contributed by atoms with van der Waals surface area (Å²) in [6.07, 6.45) is 4.55. The standard InChI is InChI=1S/C11H12N2S2/c1-6-12-8-5-11(3)10(4-9(8)14-6)13-7(2)15-11/h4-5,10H,1-3H3. The van der Waals surface area contributed by atoms with Crippen LogP contribution < -0.4 is 9.88 Å². The molecule has 0 bridgehead atoms. The maximum atomic E-state index is 4.66. The van der Waals surface area contributed by atoms with Gasteiger partial charge in [0.15, 0.2) is 0 Å². The maximum Gasteiger partial charge on any atom is 0.0907 e. The van der Waals surface area contributed by atoms with E-state index < -0.39 is 0 Å². The van der Waals surface area contributed by atoms with Crippen LogP contribution in [0, 0.1) is 6.92 Å². The Bertz CT molecular complexity index is 570. The molecule has 2 heterocycles. The number of thiazole rings is 1. The van der Waals surface area contributed by atoms with Crippen LogP contribution in [-0.2, 0) is 0 Å². The topological polar surface area (TPSA) is 25.2 Å². The molecular weight excluding hydrogens is 224 g/mol. The highest BCUT2D eigenvalue weighted by Gasteiger charge is 2.39. The van der Waals surface area contributed by atoms with Crippen molar-refractivity contribution in [2.75, 3.05) is 0 Å². The zero-order valence-electron chi connectivity index (χ0n) is 8.94. The molecule has 2 aliphatic rings. The molecule has 2 nitrogen and oxygen atoms in total. The van der Waals surface area contributed by atoms with Crippen molar-refractivity contribution in [3.63, 3.8) is 0 Å². The third-order valence-electron chi connectivity index (χ3n) is 2.80. The molecule has 0 radical (unpaired) electrons. The highest BCUT2D eigenvalue weighted by atomic mass is 32.2. The molecule has 1 aliphatic heterocycles. The minimum atomic E-state index is 0.0948. The zero-order chi connectivity index (χ0) is 10.6. The SMILES string of the molecule is CC1=NC2C=c3sc(C)nc3=CC2(C)S1. The monoisotopic (exact) mass is 236 g/mol. The fourth-order valence-corrected chi connectivity index (χ4v) is 4.23. The molecule has 78 valence electrons. The molecule has 0 aromatic carbocycles. The van der Waals surface area contributed by atoms with E-state index in [1.165, 1.54) is 9.58 Å². The number of aromatic nitrogens is 1. The van der Waals surface area contributed by atoms with Gasteiger partial charge in [0.1, 0.15) is 0 Å². The Morgan fingerprint density at radius 2 is 2.20 bits per heavy atom. The van der Waals surface area contributed by atoms with Crippen molar-refractivity contribution in [3.05, 3.63) is 14.9 Å². The Hall–Kier alpha value is -0.610. The lowest BCUT2D eigenvalue weighted by atomic mass is 9.98. The van der Waals surface area contributed by atoms with Crippen LogP contribution in [0.5, 0.6) is 0 Å². The number of hydrogen-bond acceptors (Lipinski definition) is 4. The predicted molar refractivity (Wildman–Crippen MR) is 67.9 cm³/mol. The van der Waals surface area contributed by atoms with Gasteiger partial charge in [-0.05, 0) is 32.9 Å². The van der Waals surface area contributed by atoms with Gasteiger partial charge in [-0.15, -0.1) is 11.3 Å². The molecule has 1 aliphatic carbocycles. The minimum Gasteiger partial charge on any atom is -0.274 e. The Morgan fingerprint density at radius 1 is 1.40 bits per heavy atom. The Kier molecular flexibility index (Phi) is 1.89. The van der Waals surface area contributed by atoms with Gasteiger partial charge in [0.05, 0.1) is 30.7 Å². The molecule has 3 rings (SSSR count). The molecule has 2 unspecified atom stereocenters. The van der Waals surface area contributed by atoms with Crippen LogP contribution in [0.25, 0.3) is 12.2 Å². The summed E-state index contributed by atoms with van der Waals surface area (Å²) in [4.78, 5) is 9.21. The smallest absolute Gasteiger partial charge is 0.0907 e. The van der Waals surface area contributed by atoms with Crippen molar-refractivity contribution in [1.29, 1.82) is 0 Å². The van der Waals surface area contributed by atoms with Gasteiger partial charge in [0, 0.05) is 0 Å². The molecule has 0 N–H and O–H groups in total.